The quantitative estimate of drug-likeness (QED) is 0.429. The molecule has 0 spiro atoms. The molecule has 4 N–H and O–H groups in total. The number of hydrogen-bond donors (Lipinski definition) is 3. The molecule has 4 nitrogen and oxygen atoms in total. The summed E-state index contributed by atoms with van der Waals surface area (Å²) in [4.78, 5) is 10.1. The molecular weight excluding hydrogens is 146 g/mol. The van der Waals surface area contributed by atoms with E-state index < -0.39 is 18.1 Å². The number of alkyl halides is 1. The lowest BCUT2D eigenvalue weighted by Gasteiger charge is -2.09. The van der Waals surface area contributed by atoms with Gasteiger partial charge in [-0.1, -0.05) is 0 Å². The fourth-order valence-electron chi connectivity index (χ4n) is 0.274. The molecule has 0 aromatic rings. The third kappa shape index (κ3) is 2.64. The number of carbonyl (C=O) groups is 1. The van der Waals surface area contributed by atoms with Crippen molar-refractivity contribution in [2.45, 2.75) is 12.2 Å². The summed E-state index contributed by atoms with van der Waals surface area (Å²) < 4.78 is 0. The molecule has 1 amide bonds. The molecule has 0 rings (SSSR count). The van der Waals surface area contributed by atoms with Gasteiger partial charge < -0.3 is 15.9 Å². The summed E-state index contributed by atoms with van der Waals surface area (Å²) >= 11 is 5.07. The van der Waals surface area contributed by atoms with Crippen LogP contribution in [0.5, 0.6) is 0 Å². The second kappa shape index (κ2) is 3.66. The topological polar surface area (TPSA) is 83.6 Å². The molecule has 0 aromatic heterocycles. The SMILES string of the molecule is NC(=O)[C@@H](O)[C@@H](O)CCl. The Labute approximate surface area is 57.2 Å². The van der Waals surface area contributed by atoms with Crippen LogP contribution in [0, 0.1) is 0 Å². The summed E-state index contributed by atoms with van der Waals surface area (Å²) in [5.74, 6) is -1.17. The van der Waals surface area contributed by atoms with Crippen molar-refractivity contribution in [3.05, 3.63) is 0 Å². The van der Waals surface area contributed by atoms with Crippen molar-refractivity contribution in [3.63, 3.8) is 0 Å². The van der Waals surface area contributed by atoms with Crippen LogP contribution in [0.15, 0.2) is 0 Å². The van der Waals surface area contributed by atoms with Crippen molar-refractivity contribution in [1.82, 2.24) is 0 Å². The zero-order chi connectivity index (χ0) is 7.44. The van der Waals surface area contributed by atoms with E-state index in [1.54, 1.807) is 0 Å². The Kier molecular flexibility index (Phi) is 3.53. The molecule has 0 fully saturated rings. The van der Waals surface area contributed by atoms with Gasteiger partial charge in [0.25, 0.3) is 0 Å². The number of carbonyl (C=O) groups excluding carboxylic acids is 1. The third-order valence-electron chi connectivity index (χ3n) is 0.814. The van der Waals surface area contributed by atoms with Crippen LogP contribution in [0.3, 0.4) is 0 Å². The first-order valence-electron chi connectivity index (χ1n) is 2.31. The monoisotopic (exact) mass is 153 g/mol. The van der Waals surface area contributed by atoms with E-state index in [1.807, 2.05) is 0 Å². The Morgan fingerprint density at radius 1 is 1.67 bits per heavy atom. The smallest absolute Gasteiger partial charge is 0.249 e. The van der Waals surface area contributed by atoms with E-state index in [-0.39, 0.29) is 5.88 Å². The maximum Gasteiger partial charge on any atom is 0.249 e. The highest BCUT2D eigenvalue weighted by atomic mass is 35.5. The summed E-state index contributed by atoms with van der Waals surface area (Å²) in [6.07, 6.45) is -2.81. The van der Waals surface area contributed by atoms with Crippen LogP contribution in [0.2, 0.25) is 0 Å². The van der Waals surface area contributed by atoms with Crippen molar-refractivity contribution in [2.24, 2.45) is 5.73 Å². The molecule has 0 aromatic carbocycles. The van der Waals surface area contributed by atoms with E-state index in [2.05, 4.69) is 5.73 Å². The average Bonchev–Trinajstić information content (AvgIpc) is 1.84. The zero-order valence-electron chi connectivity index (χ0n) is 4.62. The van der Waals surface area contributed by atoms with Crippen LogP contribution in [0.1, 0.15) is 0 Å². The molecular formula is C4H8ClNO3. The van der Waals surface area contributed by atoms with Gasteiger partial charge in [0, 0.05) is 0 Å². The summed E-state index contributed by atoms with van der Waals surface area (Å²) in [5.41, 5.74) is 4.60. The largest absolute Gasteiger partial charge is 0.389 e. The summed E-state index contributed by atoms with van der Waals surface area (Å²) in [6.45, 7) is 0. The second-order valence-electron chi connectivity index (χ2n) is 1.57. The Balaban J connectivity index is 3.72. The zero-order valence-corrected chi connectivity index (χ0v) is 5.38. The summed E-state index contributed by atoms with van der Waals surface area (Å²) in [5, 5.41) is 17.2. The van der Waals surface area contributed by atoms with Gasteiger partial charge in [-0.25, -0.2) is 0 Å². The van der Waals surface area contributed by atoms with Crippen molar-refractivity contribution in [3.8, 4) is 0 Å². The maximum absolute atomic E-state index is 10.1. The minimum Gasteiger partial charge on any atom is -0.389 e. The first-order valence-corrected chi connectivity index (χ1v) is 2.84. The average molecular weight is 154 g/mol. The minimum atomic E-state index is -1.55. The van der Waals surface area contributed by atoms with Gasteiger partial charge >= 0.3 is 0 Å². The van der Waals surface area contributed by atoms with E-state index in [0.29, 0.717) is 0 Å². The van der Waals surface area contributed by atoms with Crippen molar-refractivity contribution < 1.29 is 15.0 Å². The normalized spacial score (nSPS) is 16.8. The first kappa shape index (κ1) is 8.68. The lowest BCUT2D eigenvalue weighted by molar-refractivity contribution is -0.130. The fraction of sp³-hybridized carbons (Fsp3) is 0.750. The van der Waals surface area contributed by atoms with Crippen molar-refractivity contribution in [2.75, 3.05) is 5.88 Å². The first-order chi connectivity index (χ1) is 4.09. The second-order valence-corrected chi connectivity index (χ2v) is 1.88. The molecule has 0 aliphatic carbocycles. The molecule has 0 bridgehead atoms. The molecule has 0 aliphatic rings. The number of aliphatic hydroxyl groups is 2. The highest BCUT2D eigenvalue weighted by Gasteiger charge is 2.19. The summed E-state index contributed by atoms with van der Waals surface area (Å²) in [6, 6.07) is 0. The molecule has 5 heteroatoms. The molecule has 0 saturated carbocycles. The van der Waals surface area contributed by atoms with Gasteiger partial charge in [-0.15, -0.1) is 11.6 Å². The molecule has 0 unspecified atom stereocenters. The highest BCUT2D eigenvalue weighted by Crippen LogP contribution is 1.94. The molecule has 0 radical (unpaired) electrons. The highest BCUT2D eigenvalue weighted by molar-refractivity contribution is 6.18. The Morgan fingerprint density at radius 2 is 2.11 bits per heavy atom. The van der Waals surface area contributed by atoms with Crippen LogP contribution in [0.25, 0.3) is 0 Å². The number of hydrogen-bond acceptors (Lipinski definition) is 3. The van der Waals surface area contributed by atoms with Gasteiger partial charge in [0.15, 0.2) is 6.10 Å². The minimum absolute atomic E-state index is 0.204. The molecule has 0 heterocycles. The van der Waals surface area contributed by atoms with Gasteiger partial charge in [-0.3, -0.25) is 4.79 Å². The lowest BCUT2D eigenvalue weighted by Crippen LogP contribution is -2.39. The van der Waals surface area contributed by atoms with E-state index in [0.717, 1.165) is 0 Å². The van der Waals surface area contributed by atoms with Crippen LogP contribution in [0.4, 0.5) is 0 Å². The summed E-state index contributed by atoms with van der Waals surface area (Å²) in [7, 11) is 0. The molecule has 54 valence electrons. The van der Waals surface area contributed by atoms with Gasteiger partial charge in [0.05, 0.1) is 5.88 Å². The standard InChI is InChI=1S/C4H8ClNO3/c5-1-2(7)3(8)4(6)9/h2-3,7-8H,1H2,(H2,6,9)/t2-,3-/m0/s1. The van der Waals surface area contributed by atoms with Gasteiger partial charge in [-0.2, -0.15) is 0 Å². The van der Waals surface area contributed by atoms with Crippen LogP contribution in [-0.2, 0) is 4.79 Å². The van der Waals surface area contributed by atoms with Crippen LogP contribution in [-0.4, -0.2) is 34.2 Å². The van der Waals surface area contributed by atoms with Crippen molar-refractivity contribution >= 4 is 17.5 Å². The molecule has 0 aliphatic heterocycles. The van der Waals surface area contributed by atoms with E-state index in [1.165, 1.54) is 0 Å². The molecule has 9 heavy (non-hydrogen) atoms. The van der Waals surface area contributed by atoms with E-state index in [9.17, 15) is 4.79 Å². The Hall–Kier alpha value is -0.320. The Bertz CT molecular complexity index is 108. The van der Waals surface area contributed by atoms with Gasteiger partial charge in [0.2, 0.25) is 5.91 Å². The van der Waals surface area contributed by atoms with E-state index in [4.69, 9.17) is 21.8 Å². The molecule has 2 atom stereocenters. The van der Waals surface area contributed by atoms with Crippen LogP contribution >= 0.6 is 11.6 Å². The number of halogens is 1. The number of nitrogens with two attached hydrogens (primary N) is 1. The fourth-order valence-corrected chi connectivity index (χ4v) is 0.443. The molecule has 0 saturated heterocycles. The van der Waals surface area contributed by atoms with Crippen LogP contribution < -0.4 is 5.73 Å². The van der Waals surface area contributed by atoms with Crippen molar-refractivity contribution in [1.29, 1.82) is 0 Å². The Morgan fingerprint density at radius 3 is 2.22 bits per heavy atom. The van der Waals surface area contributed by atoms with Gasteiger partial charge in [-0.05, 0) is 0 Å². The number of aliphatic hydroxyl groups excluding tert-OH is 2. The maximum atomic E-state index is 10.1. The predicted molar refractivity (Wildman–Crippen MR) is 31.9 cm³/mol. The van der Waals surface area contributed by atoms with Gasteiger partial charge in [0.1, 0.15) is 6.10 Å². The lowest BCUT2D eigenvalue weighted by atomic mass is 10.2. The number of rotatable bonds is 3. The predicted octanol–water partition coefficient (Wildman–Crippen LogP) is -1.57. The number of amides is 1. The number of primary amides is 1. The third-order valence-corrected chi connectivity index (χ3v) is 1.13. The van der Waals surface area contributed by atoms with E-state index >= 15 is 0 Å².